The van der Waals surface area contributed by atoms with Crippen molar-refractivity contribution in [3.05, 3.63) is 27.9 Å². The SMILES string of the molecule is Cc1ncc([C@@H]2O[C@H](CO)[C@@H](O)[C@H]2O)c(=O)[nH]1. The molecule has 7 heteroatoms. The van der Waals surface area contributed by atoms with Crippen molar-refractivity contribution >= 4 is 0 Å². The quantitative estimate of drug-likeness (QED) is 0.488. The number of aliphatic hydroxyl groups is 3. The summed E-state index contributed by atoms with van der Waals surface area (Å²) in [6, 6.07) is 0. The van der Waals surface area contributed by atoms with Crippen LogP contribution in [0.5, 0.6) is 0 Å². The van der Waals surface area contributed by atoms with Crippen molar-refractivity contribution in [2.24, 2.45) is 0 Å². The Balaban J connectivity index is 2.32. The molecule has 0 radical (unpaired) electrons. The molecule has 4 N–H and O–H groups in total. The molecule has 94 valence electrons. The fourth-order valence-electron chi connectivity index (χ4n) is 1.85. The number of hydrogen-bond donors (Lipinski definition) is 4. The van der Waals surface area contributed by atoms with E-state index in [2.05, 4.69) is 9.97 Å². The number of ether oxygens (including phenoxy) is 1. The standard InChI is InChI=1S/C10H14N2O5/c1-4-11-2-5(10(16)12-4)9-8(15)7(14)6(3-13)17-9/h2,6-9,13-15H,3H2,1H3,(H,11,12,16)/t6-,7-,8-,9+/m1/s1. The zero-order valence-corrected chi connectivity index (χ0v) is 9.20. The van der Waals surface area contributed by atoms with Crippen LogP contribution in [0.3, 0.4) is 0 Å². The molecule has 0 aliphatic carbocycles. The summed E-state index contributed by atoms with van der Waals surface area (Å²) < 4.78 is 5.23. The molecule has 1 aliphatic rings. The molecule has 7 nitrogen and oxygen atoms in total. The molecule has 0 unspecified atom stereocenters. The highest BCUT2D eigenvalue weighted by Crippen LogP contribution is 2.31. The van der Waals surface area contributed by atoms with Gasteiger partial charge in [0.1, 0.15) is 30.2 Å². The maximum atomic E-state index is 11.6. The molecule has 0 aromatic carbocycles. The Morgan fingerprint density at radius 2 is 2.18 bits per heavy atom. The van der Waals surface area contributed by atoms with E-state index in [1.807, 2.05) is 0 Å². The van der Waals surface area contributed by atoms with Crippen LogP contribution in [-0.4, -0.2) is 50.2 Å². The summed E-state index contributed by atoms with van der Waals surface area (Å²) >= 11 is 0. The number of H-pyrrole nitrogens is 1. The van der Waals surface area contributed by atoms with E-state index in [1.165, 1.54) is 6.20 Å². The molecule has 0 amide bonds. The zero-order chi connectivity index (χ0) is 12.6. The van der Waals surface area contributed by atoms with Crippen LogP contribution >= 0.6 is 0 Å². The largest absolute Gasteiger partial charge is 0.394 e. The van der Waals surface area contributed by atoms with E-state index in [-0.39, 0.29) is 5.56 Å². The van der Waals surface area contributed by atoms with Gasteiger partial charge in [0.15, 0.2) is 0 Å². The van der Waals surface area contributed by atoms with Gasteiger partial charge in [0.05, 0.1) is 12.2 Å². The zero-order valence-electron chi connectivity index (χ0n) is 9.20. The molecule has 1 aromatic heterocycles. The maximum absolute atomic E-state index is 11.6. The highest BCUT2D eigenvalue weighted by molar-refractivity contribution is 5.14. The Labute approximate surface area is 96.7 Å². The van der Waals surface area contributed by atoms with Crippen LogP contribution in [0.1, 0.15) is 17.5 Å². The number of hydrogen-bond acceptors (Lipinski definition) is 6. The molecule has 0 spiro atoms. The second-order valence-electron chi connectivity index (χ2n) is 4.01. The predicted molar refractivity (Wildman–Crippen MR) is 56.3 cm³/mol. The first-order chi connectivity index (χ1) is 8.04. The fourth-order valence-corrected chi connectivity index (χ4v) is 1.85. The lowest BCUT2D eigenvalue weighted by Crippen LogP contribution is -2.33. The minimum Gasteiger partial charge on any atom is -0.394 e. The summed E-state index contributed by atoms with van der Waals surface area (Å²) in [7, 11) is 0. The van der Waals surface area contributed by atoms with Crippen molar-refractivity contribution in [3.8, 4) is 0 Å². The molecule has 2 rings (SSSR count). The average Bonchev–Trinajstić information content (AvgIpc) is 2.57. The second-order valence-corrected chi connectivity index (χ2v) is 4.01. The third-order valence-electron chi connectivity index (χ3n) is 2.80. The highest BCUT2D eigenvalue weighted by atomic mass is 16.6. The normalized spacial score (nSPS) is 32.9. The number of aromatic nitrogens is 2. The molecular formula is C10H14N2O5. The number of aliphatic hydroxyl groups excluding tert-OH is 3. The van der Waals surface area contributed by atoms with E-state index in [9.17, 15) is 15.0 Å². The summed E-state index contributed by atoms with van der Waals surface area (Å²) in [5.74, 6) is 0.450. The Bertz CT molecular complexity index is 460. The first-order valence-corrected chi connectivity index (χ1v) is 5.23. The summed E-state index contributed by atoms with van der Waals surface area (Å²) in [6.07, 6.45) is -3.03. The first kappa shape index (κ1) is 12.2. The van der Waals surface area contributed by atoms with Crippen molar-refractivity contribution in [2.45, 2.75) is 31.3 Å². The minimum atomic E-state index is -1.25. The van der Waals surface area contributed by atoms with Gasteiger partial charge in [-0.2, -0.15) is 0 Å². The van der Waals surface area contributed by atoms with Crippen molar-refractivity contribution in [1.29, 1.82) is 0 Å². The summed E-state index contributed by atoms with van der Waals surface area (Å²) in [6.45, 7) is 1.20. The van der Waals surface area contributed by atoms with Crippen LogP contribution in [-0.2, 0) is 4.74 Å². The molecule has 1 fully saturated rings. The van der Waals surface area contributed by atoms with Gasteiger partial charge in [-0.3, -0.25) is 4.79 Å². The Morgan fingerprint density at radius 3 is 2.71 bits per heavy atom. The molecule has 1 saturated heterocycles. The molecule has 2 heterocycles. The van der Waals surface area contributed by atoms with E-state index >= 15 is 0 Å². The lowest BCUT2D eigenvalue weighted by molar-refractivity contribution is -0.0232. The second kappa shape index (κ2) is 4.53. The van der Waals surface area contributed by atoms with Crippen molar-refractivity contribution in [3.63, 3.8) is 0 Å². The van der Waals surface area contributed by atoms with Gasteiger partial charge in [-0.05, 0) is 6.92 Å². The predicted octanol–water partition coefficient (Wildman–Crippen LogP) is -1.77. The van der Waals surface area contributed by atoms with Crippen LogP contribution in [0.15, 0.2) is 11.0 Å². The minimum absolute atomic E-state index is 0.137. The van der Waals surface area contributed by atoms with E-state index in [4.69, 9.17) is 9.84 Å². The van der Waals surface area contributed by atoms with E-state index in [0.717, 1.165) is 0 Å². The van der Waals surface area contributed by atoms with Gasteiger partial charge in [-0.1, -0.05) is 0 Å². The van der Waals surface area contributed by atoms with Gasteiger partial charge >= 0.3 is 0 Å². The average molecular weight is 242 g/mol. The van der Waals surface area contributed by atoms with Gasteiger partial charge in [-0.15, -0.1) is 0 Å². The van der Waals surface area contributed by atoms with E-state index in [1.54, 1.807) is 6.92 Å². The van der Waals surface area contributed by atoms with Gasteiger partial charge in [0, 0.05) is 6.20 Å². The highest BCUT2D eigenvalue weighted by Gasteiger charge is 2.44. The van der Waals surface area contributed by atoms with Crippen LogP contribution in [0.25, 0.3) is 0 Å². The molecule has 0 saturated carbocycles. The molecule has 4 atom stereocenters. The molecular weight excluding hydrogens is 228 g/mol. The number of aryl methyl sites for hydroxylation is 1. The fraction of sp³-hybridized carbons (Fsp3) is 0.600. The summed E-state index contributed by atoms with van der Waals surface area (Å²) in [5.41, 5.74) is -0.287. The van der Waals surface area contributed by atoms with Crippen molar-refractivity contribution in [2.75, 3.05) is 6.61 Å². The topological polar surface area (TPSA) is 116 Å². The number of aromatic amines is 1. The van der Waals surface area contributed by atoms with E-state index < -0.39 is 36.6 Å². The summed E-state index contributed by atoms with van der Waals surface area (Å²) in [4.78, 5) is 18.0. The van der Waals surface area contributed by atoms with Gasteiger partial charge in [0.25, 0.3) is 5.56 Å². The van der Waals surface area contributed by atoms with Gasteiger partial charge in [-0.25, -0.2) is 4.98 Å². The van der Waals surface area contributed by atoms with Crippen LogP contribution in [0, 0.1) is 6.92 Å². The molecule has 1 aliphatic heterocycles. The Hall–Kier alpha value is -1.28. The monoisotopic (exact) mass is 242 g/mol. The molecule has 0 bridgehead atoms. The van der Waals surface area contributed by atoms with E-state index in [0.29, 0.717) is 5.82 Å². The van der Waals surface area contributed by atoms with Crippen molar-refractivity contribution < 1.29 is 20.1 Å². The van der Waals surface area contributed by atoms with Crippen LogP contribution in [0.4, 0.5) is 0 Å². The number of nitrogens with one attached hydrogen (secondary N) is 1. The maximum Gasteiger partial charge on any atom is 0.256 e. The summed E-state index contributed by atoms with van der Waals surface area (Å²) in [5, 5.41) is 28.2. The lowest BCUT2D eigenvalue weighted by Gasteiger charge is -2.13. The molecule has 17 heavy (non-hydrogen) atoms. The van der Waals surface area contributed by atoms with Crippen molar-refractivity contribution in [1.82, 2.24) is 9.97 Å². The third kappa shape index (κ3) is 2.09. The Kier molecular flexibility index (Phi) is 3.25. The third-order valence-corrected chi connectivity index (χ3v) is 2.80. The first-order valence-electron chi connectivity index (χ1n) is 5.23. The van der Waals surface area contributed by atoms with Gasteiger partial charge < -0.3 is 25.0 Å². The smallest absolute Gasteiger partial charge is 0.256 e. The van der Waals surface area contributed by atoms with Crippen LogP contribution < -0.4 is 5.56 Å². The van der Waals surface area contributed by atoms with Gasteiger partial charge in [0.2, 0.25) is 0 Å². The lowest BCUT2D eigenvalue weighted by atomic mass is 10.0. The number of nitrogens with zero attached hydrogens (tertiary/aromatic N) is 1. The number of rotatable bonds is 2. The van der Waals surface area contributed by atoms with Crippen LogP contribution in [0.2, 0.25) is 0 Å². The Morgan fingerprint density at radius 1 is 1.47 bits per heavy atom. The molecule has 1 aromatic rings.